The topological polar surface area (TPSA) is 57.4 Å². The number of hydrogen-bond donors (Lipinski definition) is 0. The smallest absolute Gasteiger partial charge is 0.101 e. The lowest BCUT2D eigenvalue weighted by molar-refractivity contribution is 0.590. The summed E-state index contributed by atoms with van der Waals surface area (Å²) in [7, 11) is 0. The predicted molar refractivity (Wildman–Crippen MR) is 207 cm³/mol. The summed E-state index contributed by atoms with van der Waals surface area (Å²) in [5.41, 5.74) is 11.3. The number of para-hydroxylation sites is 2. The van der Waals surface area contributed by atoms with Gasteiger partial charge < -0.3 is 9.13 Å². The van der Waals surface area contributed by atoms with E-state index in [9.17, 15) is 10.5 Å². The number of fused-ring (bicyclic) bond motifs is 6. The normalized spacial score (nSPS) is 12.2. The quantitative estimate of drug-likeness (QED) is 0.192. The Morgan fingerprint density at radius 1 is 0.500 bits per heavy atom. The Hall–Kier alpha value is -6.10. The number of nitriles is 2. The van der Waals surface area contributed by atoms with E-state index in [2.05, 4.69) is 160 Å². The van der Waals surface area contributed by atoms with Crippen molar-refractivity contribution in [2.24, 2.45) is 0 Å². The molecule has 0 spiro atoms. The van der Waals surface area contributed by atoms with Crippen LogP contribution in [-0.2, 0) is 10.8 Å². The lowest BCUT2D eigenvalue weighted by atomic mass is 9.85. The molecule has 0 fully saturated rings. The van der Waals surface area contributed by atoms with E-state index in [0.717, 1.165) is 55.3 Å². The number of aromatic nitrogens is 2. The number of nitrogens with zero attached hydrogens (tertiary/aromatic N) is 4. The van der Waals surface area contributed by atoms with E-state index in [1.54, 1.807) is 6.07 Å². The first-order chi connectivity index (χ1) is 24.0. The highest BCUT2D eigenvalue weighted by atomic mass is 15.0. The van der Waals surface area contributed by atoms with Gasteiger partial charge in [-0.3, -0.25) is 0 Å². The molecule has 0 bridgehead atoms. The third-order valence-corrected chi connectivity index (χ3v) is 10.1. The molecule has 2 heterocycles. The van der Waals surface area contributed by atoms with E-state index in [0.29, 0.717) is 11.1 Å². The van der Waals surface area contributed by atoms with Crippen molar-refractivity contribution in [2.75, 3.05) is 0 Å². The van der Waals surface area contributed by atoms with Crippen molar-refractivity contribution < 1.29 is 0 Å². The summed E-state index contributed by atoms with van der Waals surface area (Å²) in [5, 5.41) is 25.3. The molecule has 0 atom stereocenters. The van der Waals surface area contributed by atoms with Gasteiger partial charge in [0.1, 0.15) is 12.1 Å². The molecule has 242 valence electrons. The summed E-state index contributed by atoms with van der Waals surface area (Å²) in [5.74, 6) is 0. The van der Waals surface area contributed by atoms with Crippen LogP contribution in [0.15, 0.2) is 121 Å². The van der Waals surface area contributed by atoms with E-state index in [1.165, 1.54) is 21.9 Å². The van der Waals surface area contributed by atoms with Crippen LogP contribution in [0.2, 0.25) is 0 Å². The predicted octanol–water partition coefficient (Wildman–Crippen LogP) is 11.9. The molecule has 6 aromatic carbocycles. The maximum Gasteiger partial charge on any atom is 0.101 e. The molecule has 4 heteroatoms. The van der Waals surface area contributed by atoms with Gasteiger partial charge in [-0.05, 0) is 82.6 Å². The molecule has 0 amide bonds. The number of benzene rings is 6. The van der Waals surface area contributed by atoms with Crippen LogP contribution in [-0.4, -0.2) is 9.13 Å². The molecule has 8 rings (SSSR count). The third kappa shape index (κ3) is 4.72. The molecule has 4 nitrogen and oxygen atoms in total. The second-order valence-electron chi connectivity index (χ2n) is 15.3. The van der Waals surface area contributed by atoms with Gasteiger partial charge >= 0.3 is 0 Å². The Balaban J connectivity index is 1.60. The first-order valence-electron chi connectivity index (χ1n) is 17.2. The Morgan fingerprint density at radius 2 is 1.08 bits per heavy atom. The van der Waals surface area contributed by atoms with Gasteiger partial charge in [-0.15, -0.1) is 0 Å². The molecular formula is C46H38N4. The third-order valence-electron chi connectivity index (χ3n) is 10.1. The molecule has 0 saturated carbocycles. The van der Waals surface area contributed by atoms with Gasteiger partial charge in [0.2, 0.25) is 0 Å². The minimum atomic E-state index is -0.0208. The van der Waals surface area contributed by atoms with Crippen molar-refractivity contribution >= 4 is 43.6 Å². The monoisotopic (exact) mass is 646 g/mol. The van der Waals surface area contributed by atoms with Crippen molar-refractivity contribution in [1.29, 1.82) is 10.5 Å². The highest BCUT2D eigenvalue weighted by molar-refractivity contribution is 6.19. The summed E-state index contributed by atoms with van der Waals surface area (Å²) < 4.78 is 4.67. The second kappa shape index (κ2) is 11.2. The summed E-state index contributed by atoms with van der Waals surface area (Å²) in [6.07, 6.45) is 0. The Kier molecular flexibility index (Phi) is 7.00. The van der Waals surface area contributed by atoms with Crippen molar-refractivity contribution in [3.05, 3.63) is 144 Å². The lowest BCUT2D eigenvalue weighted by Gasteiger charge is -2.20. The molecule has 0 aliphatic heterocycles. The largest absolute Gasteiger partial charge is 0.309 e. The highest BCUT2D eigenvalue weighted by Crippen LogP contribution is 2.46. The standard InChI is InChI=1S/C46H38N4/c1-45(2,3)30-19-21-39-35(25-30)36-26-31(46(4,5)6)20-22-40(36)50(39)42-24-23-41-44(43(42)33-17-12-13-29(27-47)37(33)28-48)34-16-10-11-18-38(34)49(41)32-14-8-7-9-15-32/h7-26H,1-6H3. The van der Waals surface area contributed by atoms with Gasteiger partial charge in [-0.25, -0.2) is 0 Å². The van der Waals surface area contributed by atoms with E-state index in [-0.39, 0.29) is 10.8 Å². The van der Waals surface area contributed by atoms with E-state index < -0.39 is 0 Å². The molecule has 0 saturated heterocycles. The molecule has 2 aromatic heterocycles. The fourth-order valence-electron chi connectivity index (χ4n) is 7.55. The van der Waals surface area contributed by atoms with Gasteiger partial charge in [0, 0.05) is 38.4 Å². The SMILES string of the molecule is CC(C)(C)c1ccc2c(c1)c1cc(C(C)(C)C)ccc1n2-c1ccc2c(c1-c1cccc(C#N)c1C#N)c1ccccc1n2-c1ccccc1. The zero-order valence-electron chi connectivity index (χ0n) is 29.3. The van der Waals surface area contributed by atoms with Crippen LogP contribution < -0.4 is 0 Å². The highest BCUT2D eigenvalue weighted by Gasteiger charge is 2.26. The summed E-state index contributed by atoms with van der Waals surface area (Å²) >= 11 is 0. The van der Waals surface area contributed by atoms with Crippen LogP contribution in [0.5, 0.6) is 0 Å². The summed E-state index contributed by atoms with van der Waals surface area (Å²) in [4.78, 5) is 0. The maximum absolute atomic E-state index is 10.6. The maximum atomic E-state index is 10.6. The molecule has 0 aliphatic rings. The van der Waals surface area contributed by atoms with E-state index in [4.69, 9.17) is 0 Å². The van der Waals surface area contributed by atoms with Crippen LogP contribution in [0.1, 0.15) is 63.8 Å². The Labute approximate surface area is 293 Å². The second-order valence-corrected chi connectivity index (χ2v) is 15.3. The zero-order chi connectivity index (χ0) is 34.9. The zero-order valence-corrected chi connectivity index (χ0v) is 29.3. The van der Waals surface area contributed by atoms with Crippen molar-refractivity contribution in [3.63, 3.8) is 0 Å². The van der Waals surface area contributed by atoms with Crippen LogP contribution in [0.25, 0.3) is 66.1 Å². The van der Waals surface area contributed by atoms with Crippen LogP contribution >= 0.6 is 0 Å². The van der Waals surface area contributed by atoms with Crippen molar-refractivity contribution in [1.82, 2.24) is 9.13 Å². The average molecular weight is 647 g/mol. The van der Waals surface area contributed by atoms with Gasteiger partial charge in [0.15, 0.2) is 0 Å². The van der Waals surface area contributed by atoms with Crippen LogP contribution in [0, 0.1) is 22.7 Å². The van der Waals surface area contributed by atoms with Gasteiger partial charge in [-0.2, -0.15) is 10.5 Å². The summed E-state index contributed by atoms with van der Waals surface area (Å²) in [6.45, 7) is 13.5. The number of hydrogen-bond acceptors (Lipinski definition) is 2. The average Bonchev–Trinajstić information content (AvgIpc) is 3.62. The van der Waals surface area contributed by atoms with Gasteiger partial charge in [-0.1, -0.05) is 102 Å². The molecule has 0 aliphatic carbocycles. The minimum absolute atomic E-state index is 0.0208. The summed E-state index contributed by atoms with van der Waals surface area (Å²) in [6, 6.07) is 47.4. The molecule has 50 heavy (non-hydrogen) atoms. The van der Waals surface area contributed by atoms with Crippen molar-refractivity contribution in [2.45, 2.75) is 52.4 Å². The number of rotatable bonds is 3. The van der Waals surface area contributed by atoms with Gasteiger partial charge in [0.05, 0.1) is 38.9 Å². The van der Waals surface area contributed by atoms with Crippen molar-refractivity contribution in [3.8, 4) is 34.6 Å². The van der Waals surface area contributed by atoms with E-state index >= 15 is 0 Å². The van der Waals surface area contributed by atoms with Gasteiger partial charge in [0.25, 0.3) is 0 Å². The lowest BCUT2D eigenvalue weighted by Crippen LogP contribution is -2.10. The molecule has 0 unspecified atom stereocenters. The molecular weight excluding hydrogens is 609 g/mol. The molecule has 0 N–H and O–H groups in total. The van der Waals surface area contributed by atoms with Crippen LogP contribution in [0.4, 0.5) is 0 Å². The fourth-order valence-corrected chi connectivity index (χ4v) is 7.55. The molecule has 8 aromatic rings. The first kappa shape index (κ1) is 31.2. The minimum Gasteiger partial charge on any atom is -0.309 e. The Bertz CT molecular complexity index is 2660. The first-order valence-corrected chi connectivity index (χ1v) is 17.2. The van der Waals surface area contributed by atoms with Crippen LogP contribution in [0.3, 0.4) is 0 Å². The van der Waals surface area contributed by atoms with E-state index in [1.807, 2.05) is 18.2 Å². The fraction of sp³-hybridized carbons (Fsp3) is 0.174. The molecule has 0 radical (unpaired) electrons. The Morgan fingerprint density at radius 3 is 1.68 bits per heavy atom.